The Hall–Kier alpha value is -2.55. The van der Waals surface area contributed by atoms with Gasteiger partial charge in [-0.05, 0) is 89.9 Å². The summed E-state index contributed by atoms with van der Waals surface area (Å²) in [5.74, 6) is -0.840. The van der Waals surface area contributed by atoms with Gasteiger partial charge in [0.05, 0.1) is 27.7 Å². The van der Waals surface area contributed by atoms with Crippen molar-refractivity contribution in [1.82, 2.24) is 0 Å². The molecule has 454 valence electrons. The number of allylic oxidation sites excluding steroid dienone is 12. The first-order valence-corrected chi connectivity index (χ1v) is 34.1. The fourth-order valence-electron chi connectivity index (χ4n) is 9.14. The molecular formula is C68H124NO8P. The number of carbonyl (C=O) groups is 2. The predicted octanol–water partition coefficient (Wildman–Crippen LogP) is 20.2. The number of rotatable bonds is 60. The van der Waals surface area contributed by atoms with Crippen LogP contribution in [0.4, 0.5) is 0 Å². The fraction of sp³-hybridized carbons (Fsp3) is 0.794. The van der Waals surface area contributed by atoms with Crippen LogP contribution in [0, 0.1) is 0 Å². The Kier molecular flexibility index (Phi) is 57.2. The van der Waals surface area contributed by atoms with Crippen LogP contribution in [-0.2, 0) is 32.7 Å². The normalized spacial score (nSPS) is 13.7. The summed E-state index contributed by atoms with van der Waals surface area (Å²) in [7, 11) is 1.16. The Morgan fingerprint density at radius 3 is 1.03 bits per heavy atom. The summed E-state index contributed by atoms with van der Waals surface area (Å²) >= 11 is 0. The summed E-state index contributed by atoms with van der Waals surface area (Å²) in [6.07, 6.45) is 78.2. The van der Waals surface area contributed by atoms with E-state index < -0.39 is 32.5 Å². The molecule has 0 aliphatic carbocycles. The Balaban J connectivity index is 4.07. The maximum Gasteiger partial charge on any atom is 0.306 e. The van der Waals surface area contributed by atoms with Crippen LogP contribution in [0.25, 0.3) is 0 Å². The molecule has 0 N–H and O–H groups in total. The van der Waals surface area contributed by atoms with Crippen LogP contribution in [0.2, 0.25) is 0 Å². The zero-order chi connectivity index (χ0) is 57.0. The van der Waals surface area contributed by atoms with Crippen molar-refractivity contribution in [2.24, 2.45) is 0 Å². The minimum atomic E-state index is -4.64. The largest absolute Gasteiger partial charge is 0.756 e. The number of carbonyl (C=O) groups excluding carboxylic acids is 2. The molecule has 2 atom stereocenters. The molecule has 10 heteroatoms. The Morgan fingerprint density at radius 1 is 0.397 bits per heavy atom. The minimum absolute atomic E-state index is 0.0345. The zero-order valence-corrected chi connectivity index (χ0v) is 52.5. The Labute approximate surface area is 482 Å². The number of hydrogen-bond acceptors (Lipinski definition) is 8. The van der Waals surface area contributed by atoms with Gasteiger partial charge in [-0.15, -0.1) is 0 Å². The second-order valence-electron chi connectivity index (χ2n) is 23.1. The fourth-order valence-corrected chi connectivity index (χ4v) is 9.87. The molecule has 78 heavy (non-hydrogen) atoms. The number of hydrogen-bond donors (Lipinski definition) is 0. The highest BCUT2D eigenvalue weighted by Crippen LogP contribution is 2.38. The molecule has 9 nitrogen and oxygen atoms in total. The second-order valence-corrected chi connectivity index (χ2v) is 24.5. The predicted molar refractivity (Wildman–Crippen MR) is 333 cm³/mol. The molecule has 0 aromatic carbocycles. The lowest BCUT2D eigenvalue weighted by atomic mass is 10.0. The van der Waals surface area contributed by atoms with Gasteiger partial charge in [0, 0.05) is 12.8 Å². The lowest BCUT2D eigenvalue weighted by Crippen LogP contribution is -2.37. The SMILES string of the molecule is CCCCCCC/C=C\C/C=C\C/C=C\CCCCCCCCCCCCCCCCCCCCC(=O)OC(COC(=O)CCCCCCCC/C=C\C/C=C\C/C=C\CCCCCCC)COP(=O)([O-])OCC[N+](C)(C)C. The average Bonchev–Trinajstić information content (AvgIpc) is 3.41. The van der Waals surface area contributed by atoms with Crippen molar-refractivity contribution in [3.8, 4) is 0 Å². The number of phosphoric acid groups is 1. The third-order valence-electron chi connectivity index (χ3n) is 14.2. The summed E-state index contributed by atoms with van der Waals surface area (Å²) < 4.78 is 34.2. The molecule has 0 spiro atoms. The van der Waals surface area contributed by atoms with Crippen LogP contribution in [0.1, 0.15) is 296 Å². The van der Waals surface area contributed by atoms with Gasteiger partial charge in [-0.3, -0.25) is 14.2 Å². The maximum atomic E-state index is 12.8. The van der Waals surface area contributed by atoms with Gasteiger partial charge in [0.1, 0.15) is 19.8 Å². The molecule has 0 aliphatic rings. The van der Waals surface area contributed by atoms with E-state index in [-0.39, 0.29) is 26.1 Å². The summed E-state index contributed by atoms with van der Waals surface area (Å²) in [5.41, 5.74) is 0. The van der Waals surface area contributed by atoms with Gasteiger partial charge < -0.3 is 27.9 Å². The topological polar surface area (TPSA) is 111 Å². The van der Waals surface area contributed by atoms with Crippen molar-refractivity contribution < 1.29 is 42.1 Å². The van der Waals surface area contributed by atoms with Gasteiger partial charge in [-0.2, -0.15) is 0 Å². The Bertz CT molecular complexity index is 1550. The highest BCUT2D eigenvalue weighted by atomic mass is 31.2. The van der Waals surface area contributed by atoms with Crippen molar-refractivity contribution in [3.63, 3.8) is 0 Å². The summed E-state index contributed by atoms with van der Waals surface area (Å²) in [4.78, 5) is 38.0. The van der Waals surface area contributed by atoms with Gasteiger partial charge >= 0.3 is 11.9 Å². The van der Waals surface area contributed by atoms with Gasteiger partial charge in [-0.1, -0.05) is 267 Å². The quantitative estimate of drug-likeness (QED) is 0.0195. The lowest BCUT2D eigenvalue weighted by molar-refractivity contribution is -0.870. The second kappa shape index (κ2) is 59.1. The van der Waals surface area contributed by atoms with E-state index in [1.165, 1.54) is 186 Å². The van der Waals surface area contributed by atoms with E-state index in [1.54, 1.807) is 0 Å². The third kappa shape index (κ3) is 62.6. The molecule has 0 aromatic rings. The van der Waals surface area contributed by atoms with Crippen molar-refractivity contribution in [2.75, 3.05) is 47.5 Å². The highest BCUT2D eigenvalue weighted by molar-refractivity contribution is 7.45. The molecule has 0 aliphatic heterocycles. The van der Waals surface area contributed by atoms with E-state index >= 15 is 0 Å². The van der Waals surface area contributed by atoms with Gasteiger partial charge in [0.2, 0.25) is 0 Å². The summed E-state index contributed by atoms with van der Waals surface area (Å²) in [6, 6.07) is 0. The van der Waals surface area contributed by atoms with Crippen LogP contribution in [0.3, 0.4) is 0 Å². The molecule has 0 radical (unpaired) electrons. The molecule has 0 fully saturated rings. The van der Waals surface area contributed by atoms with Crippen LogP contribution >= 0.6 is 7.82 Å². The van der Waals surface area contributed by atoms with Gasteiger partial charge in [-0.25, -0.2) is 0 Å². The minimum Gasteiger partial charge on any atom is -0.756 e. The van der Waals surface area contributed by atoms with E-state index in [9.17, 15) is 19.0 Å². The molecule has 0 saturated heterocycles. The average molecular weight is 1110 g/mol. The van der Waals surface area contributed by atoms with E-state index in [0.29, 0.717) is 23.9 Å². The zero-order valence-electron chi connectivity index (χ0n) is 51.6. The van der Waals surface area contributed by atoms with Gasteiger partial charge in [0.15, 0.2) is 6.10 Å². The molecular weight excluding hydrogens is 990 g/mol. The number of likely N-dealkylation sites (N-methyl/N-ethyl adjacent to an activating group) is 1. The monoisotopic (exact) mass is 1110 g/mol. The first-order chi connectivity index (χ1) is 38.0. The first kappa shape index (κ1) is 75.5. The Morgan fingerprint density at radius 2 is 0.692 bits per heavy atom. The van der Waals surface area contributed by atoms with E-state index in [4.69, 9.17) is 18.5 Å². The maximum absolute atomic E-state index is 12.8. The highest BCUT2D eigenvalue weighted by Gasteiger charge is 2.22. The van der Waals surface area contributed by atoms with Crippen LogP contribution in [0.15, 0.2) is 72.9 Å². The van der Waals surface area contributed by atoms with Crippen molar-refractivity contribution in [2.45, 2.75) is 302 Å². The van der Waals surface area contributed by atoms with Gasteiger partial charge in [0.25, 0.3) is 7.82 Å². The first-order valence-electron chi connectivity index (χ1n) is 32.6. The van der Waals surface area contributed by atoms with Crippen LogP contribution in [0.5, 0.6) is 0 Å². The summed E-state index contributed by atoms with van der Waals surface area (Å²) in [5, 5.41) is 0. The number of quaternary nitrogens is 1. The van der Waals surface area contributed by atoms with Crippen LogP contribution in [-0.4, -0.2) is 70.0 Å². The summed E-state index contributed by atoms with van der Waals surface area (Å²) in [6.45, 7) is 4.23. The number of nitrogens with zero attached hydrogens (tertiary/aromatic N) is 1. The molecule has 0 saturated carbocycles. The molecule has 0 amide bonds. The molecule has 2 unspecified atom stereocenters. The molecule has 0 rings (SSSR count). The van der Waals surface area contributed by atoms with Crippen molar-refractivity contribution in [1.29, 1.82) is 0 Å². The number of unbranched alkanes of at least 4 members (excludes halogenated alkanes) is 34. The van der Waals surface area contributed by atoms with Crippen molar-refractivity contribution in [3.05, 3.63) is 72.9 Å². The standard InChI is InChI=1S/C68H124NO8P/c1-6-8-10-12-14-16-18-20-22-24-26-28-29-30-31-32-33-34-35-36-37-38-39-41-43-45-47-49-51-53-55-57-59-61-68(71)77-66(65-76-78(72,73)75-63-62-69(3,4)5)64-74-67(70)60-58-56-54-52-50-48-46-44-42-40-27-25-23-21-19-17-15-13-11-9-7-2/h18-21,24-27,29-30,42,44,66H,6-17,22-23,28,31-41,43,45-65H2,1-5H3/b20-18-,21-19-,26-24-,27-25-,30-29-,44-42-. The number of phosphoric ester groups is 1. The van der Waals surface area contributed by atoms with Crippen molar-refractivity contribution >= 4 is 19.8 Å². The molecule has 0 aromatic heterocycles. The molecule has 0 bridgehead atoms. The van der Waals surface area contributed by atoms with E-state index in [0.717, 1.165) is 70.6 Å². The number of esters is 2. The lowest BCUT2D eigenvalue weighted by Gasteiger charge is -2.28. The third-order valence-corrected chi connectivity index (χ3v) is 15.2. The van der Waals surface area contributed by atoms with E-state index in [1.807, 2.05) is 21.1 Å². The van der Waals surface area contributed by atoms with E-state index in [2.05, 4.69) is 86.8 Å². The number of ether oxygens (including phenoxy) is 2. The molecule has 0 heterocycles. The smallest absolute Gasteiger partial charge is 0.306 e. The van der Waals surface area contributed by atoms with Crippen LogP contribution < -0.4 is 4.89 Å².